The molecule has 4 heterocycles. The van der Waals surface area contributed by atoms with Crippen molar-refractivity contribution in [2.75, 3.05) is 0 Å². The fourth-order valence-electron chi connectivity index (χ4n) is 8.63. The van der Waals surface area contributed by atoms with E-state index in [2.05, 4.69) is 16.8 Å². The Morgan fingerprint density at radius 3 is 2.46 bits per heavy atom. The minimum atomic E-state index is -1.13. The molecule has 9 heteroatoms. The van der Waals surface area contributed by atoms with Gasteiger partial charge in [0, 0.05) is 24.2 Å². The van der Waals surface area contributed by atoms with Gasteiger partial charge >= 0.3 is 5.69 Å². The average Bonchev–Trinajstić information content (AvgIpc) is 2.92. The predicted octanol–water partition coefficient (Wildman–Crippen LogP) is 4.15. The molecule has 6 atom stereocenters. The normalized spacial score (nSPS) is 32.8. The Morgan fingerprint density at radius 2 is 1.67 bits per heavy atom. The van der Waals surface area contributed by atoms with Gasteiger partial charge in [0.15, 0.2) is 0 Å². The molecule has 8 nitrogen and oxygen atoms in total. The SMILES string of the molecule is CC1CCC2CC(n3c(=O)c(-n4cc(F)c(=O)[nH]c4=O)nc4ccccc43)CC1N2C1CC2CCCC(C2)C1. The number of aromatic amines is 1. The molecule has 0 spiro atoms. The molecule has 2 saturated carbocycles. The average molecular weight is 534 g/mol. The molecule has 4 fully saturated rings. The molecular formula is C30H36FN5O3. The molecule has 1 N–H and O–H groups in total. The largest absolute Gasteiger partial charge is 0.334 e. The lowest BCUT2D eigenvalue weighted by atomic mass is 9.67. The highest BCUT2D eigenvalue weighted by molar-refractivity contribution is 5.75. The minimum absolute atomic E-state index is 0.0513. The molecule has 0 radical (unpaired) electrons. The Hall–Kier alpha value is -3.07. The minimum Gasteiger partial charge on any atom is -0.300 e. The molecule has 4 bridgehead atoms. The number of halogens is 1. The van der Waals surface area contributed by atoms with Gasteiger partial charge in [-0.15, -0.1) is 0 Å². The van der Waals surface area contributed by atoms with E-state index in [4.69, 9.17) is 0 Å². The third-order valence-corrected chi connectivity index (χ3v) is 10.3. The van der Waals surface area contributed by atoms with Crippen LogP contribution in [-0.2, 0) is 0 Å². The zero-order valence-corrected chi connectivity index (χ0v) is 22.4. The Morgan fingerprint density at radius 1 is 0.897 bits per heavy atom. The van der Waals surface area contributed by atoms with Crippen molar-refractivity contribution in [3.8, 4) is 5.82 Å². The maximum absolute atomic E-state index is 14.2. The summed E-state index contributed by atoms with van der Waals surface area (Å²) in [5, 5.41) is 0. The van der Waals surface area contributed by atoms with Crippen LogP contribution in [0.15, 0.2) is 44.8 Å². The maximum Gasteiger partial charge on any atom is 0.334 e. The standard InChI is InChI=1S/C30H36FN5O3/c1-17-9-10-20-14-22(15-26(17)35(20)21-12-18-5-4-6-19(11-18)13-21)36-25-8-3-2-7-24(25)32-27(29(36)38)34-16-23(31)28(37)33-30(34)39/h2-3,7-8,16-22,26H,4-6,9-15H2,1H3,(H,33,37,39). The molecular weight excluding hydrogens is 497 g/mol. The number of fused-ring (bicyclic) bond motifs is 5. The summed E-state index contributed by atoms with van der Waals surface area (Å²) in [6.45, 7) is 2.36. The van der Waals surface area contributed by atoms with E-state index >= 15 is 0 Å². The molecule has 7 rings (SSSR count). The lowest BCUT2D eigenvalue weighted by Crippen LogP contribution is -2.61. The fourth-order valence-corrected chi connectivity index (χ4v) is 8.63. The number of hydrogen-bond acceptors (Lipinski definition) is 5. The quantitative estimate of drug-likeness (QED) is 0.546. The van der Waals surface area contributed by atoms with E-state index in [0.717, 1.165) is 47.4 Å². The van der Waals surface area contributed by atoms with Crippen LogP contribution in [-0.4, -0.2) is 42.1 Å². The maximum atomic E-state index is 14.2. The van der Waals surface area contributed by atoms with Crippen LogP contribution in [0.25, 0.3) is 16.9 Å². The van der Waals surface area contributed by atoms with Gasteiger partial charge in [0.25, 0.3) is 11.1 Å². The van der Waals surface area contributed by atoms with Gasteiger partial charge in [0.05, 0.1) is 17.2 Å². The van der Waals surface area contributed by atoms with Crippen LogP contribution in [0.4, 0.5) is 4.39 Å². The van der Waals surface area contributed by atoms with Crippen molar-refractivity contribution in [3.05, 3.63) is 67.5 Å². The summed E-state index contributed by atoms with van der Waals surface area (Å²) in [7, 11) is 0. The molecule has 6 unspecified atom stereocenters. The van der Waals surface area contributed by atoms with Gasteiger partial charge in [-0.1, -0.05) is 38.3 Å². The van der Waals surface area contributed by atoms with E-state index in [1.807, 2.05) is 23.2 Å². The molecule has 206 valence electrons. The Bertz CT molecular complexity index is 1580. The van der Waals surface area contributed by atoms with Gasteiger partial charge in [-0.05, 0) is 74.8 Å². The fraction of sp³-hybridized carbons (Fsp3) is 0.600. The molecule has 39 heavy (non-hydrogen) atoms. The molecule has 2 aliphatic carbocycles. The summed E-state index contributed by atoms with van der Waals surface area (Å²) in [6.07, 6.45) is 13.0. The van der Waals surface area contributed by atoms with E-state index in [0.29, 0.717) is 29.6 Å². The Balaban J connectivity index is 1.30. The summed E-state index contributed by atoms with van der Waals surface area (Å²) >= 11 is 0. The van der Waals surface area contributed by atoms with Gasteiger partial charge in [-0.3, -0.25) is 19.5 Å². The van der Waals surface area contributed by atoms with Crippen molar-refractivity contribution in [2.24, 2.45) is 17.8 Å². The van der Waals surface area contributed by atoms with Crippen molar-refractivity contribution in [1.29, 1.82) is 0 Å². The van der Waals surface area contributed by atoms with E-state index in [-0.39, 0.29) is 11.9 Å². The first-order chi connectivity index (χ1) is 18.9. The number of nitrogens with one attached hydrogen (secondary N) is 1. The van der Waals surface area contributed by atoms with E-state index in [1.54, 1.807) is 10.6 Å². The van der Waals surface area contributed by atoms with E-state index in [1.165, 1.54) is 44.9 Å². The van der Waals surface area contributed by atoms with Crippen LogP contribution in [0.3, 0.4) is 0 Å². The highest BCUT2D eigenvalue weighted by Gasteiger charge is 2.47. The molecule has 2 saturated heterocycles. The second-order valence-corrected chi connectivity index (χ2v) is 12.6. The van der Waals surface area contributed by atoms with E-state index < -0.39 is 22.6 Å². The van der Waals surface area contributed by atoms with Crippen molar-refractivity contribution < 1.29 is 4.39 Å². The lowest BCUT2D eigenvalue weighted by Gasteiger charge is -2.57. The lowest BCUT2D eigenvalue weighted by molar-refractivity contribution is -0.0693. The van der Waals surface area contributed by atoms with Crippen molar-refractivity contribution >= 4 is 11.0 Å². The first-order valence-corrected chi connectivity index (χ1v) is 14.7. The van der Waals surface area contributed by atoms with Gasteiger partial charge in [0.1, 0.15) is 0 Å². The number of aromatic nitrogens is 4. The monoisotopic (exact) mass is 533 g/mol. The van der Waals surface area contributed by atoms with Crippen LogP contribution in [0.2, 0.25) is 0 Å². The first-order valence-electron chi connectivity index (χ1n) is 14.7. The number of H-pyrrole nitrogens is 1. The second-order valence-electron chi connectivity index (χ2n) is 12.6. The summed E-state index contributed by atoms with van der Waals surface area (Å²) in [5.74, 6) is 0.951. The smallest absolute Gasteiger partial charge is 0.300 e. The Kier molecular flexibility index (Phi) is 6.10. The van der Waals surface area contributed by atoms with Crippen LogP contribution < -0.4 is 16.8 Å². The zero-order chi connectivity index (χ0) is 26.8. The van der Waals surface area contributed by atoms with Crippen molar-refractivity contribution in [2.45, 2.75) is 95.3 Å². The number of benzene rings is 1. The van der Waals surface area contributed by atoms with Gasteiger partial charge < -0.3 is 4.57 Å². The topological polar surface area (TPSA) is 93.0 Å². The number of para-hydroxylation sites is 2. The predicted molar refractivity (Wildman–Crippen MR) is 147 cm³/mol. The number of nitrogens with zero attached hydrogens (tertiary/aromatic N) is 4. The van der Waals surface area contributed by atoms with Crippen LogP contribution in [0, 0.1) is 23.6 Å². The first kappa shape index (κ1) is 24.9. The van der Waals surface area contributed by atoms with Gasteiger partial charge in [-0.2, -0.15) is 4.39 Å². The highest BCUT2D eigenvalue weighted by atomic mass is 19.1. The van der Waals surface area contributed by atoms with Crippen LogP contribution in [0.5, 0.6) is 0 Å². The number of rotatable bonds is 3. The third-order valence-electron chi connectivity index (χ3n) is 10.3. The molecule has 4 aliphatic rings. The number of hydrogen-bond donors (Lipinski definition) is 1. The second kappa shape index (κ2) is 9.54. The molecule has 1 aromatic carbocycles. The van der Waals surface area contributed by atoms with Crippen molar-refractivity contribution in [3.63, 3.8) is 0 Å². The summed E-state index contributed by atoms with van der Waals surface area (Å²) in [5.41, 5.74) is -1.14. The van der Waals surface area contributed by atoms with Gasteiger partial charge in [0.2, 0.25) is 11.6 Å². The van der Waals surface area contributed by atoms with Gasteiger partial charge in [-0.25, -0.2) is 14.3 Å². The Labute approximate surface area is 225 Å². The molecule has 0 amide bonds. The summed E-state index contributed by atoms with van der Waals surface area (Å²) in [6, 6.07) is 8.85. The van der Waals surface area contributed by atoms with Crippen molar-refractivity contribution in [1.82, 2.24) is 24.0 Å². The molecule has 2 aliphatic heterocycles. The molecule has 2 aromatic heterocycles. The zero-order valence-electron chi connectivity index (χ0n) is 22.4. The van der Waals surface area contributed by atoms with Crippen LogP contribution in [0.1, 0.15) is 77.2 Å². The third kappa shape index (κ3) is 4.20. The highest BCUT2D eigenvalue weighted by Crippen LogP contribution is 2.48. The van der Waals surface area contributed by atoms with Crippen LogP contribution >= 0.6 is 0 Å². The molecule has 3 aromatic rings. The van der Waals surface area contributed by atoms with E-state index in [9.17, 15) is 18.8 Å². The number of piperidine rings is 2. The summed E-state index contributed by atoms with van der Waals surface area (Å²) in [4.78, 5) is 47.6. The summed E-state index contributed by atoms with van der Waals surface area (Å²) < 4.78 is 16.8.